The zero-order valence-corrected chi connectivity index (χ0v) is 5.90. The molecule has 0 aliphatic carbocycles. The van der Waals surface area contributed by atoms with Crippen LogP contribution in [0.2, 0.25) is 0 Å². The molecule has 1 saturated heterocycles. The highest BCUT2D eigenvalue weighted by Crippen LogP contribution is 2.04. The van der Waals surface area contributed by atoms with Gasteiger partial charge in [-0.1, -0.05) is 0 Å². The fourth-order valence-electron chi connectivity index (χ4n) is 1.03. The molecule has 3 unspecified atom stereocenters. The number of aliphatic hydroxyl groups is 3. The number of carbonyl (C=O) groups excluding carboxylic acids is 1. The van der Waals surface area contributed by atoms with E-state index in [0.717, 1.165) is 0 Å². The Hall–Kier alpha value is -0.490. The molecule has 0 aromatic carbocycles. The number of hydrogen-bond acceptors (Lipinski definition) is 5. The first-order valence-corrected chi connectivity index (χ1v) is 3.41. The summed E-state index contributed by atoms with van der Waals surface area (Å²) in [5.74, 6) is -0.550. The topological polar surface area (TPSA) is 89.8 Å². The molecule has 0 aromatic heterocycles. The standard InChI is InChI=1S/C6H11NO4/c8-2-3-5(10)6(11)4(9)1-7-3/h3-4,6-9,11H,1-2H2. The maximum absolute atomic E-state index is 10.9. The summed E-state index contributed by atoms with van der Waals surface area (Å²) >= 11 is 0. The number of nitrogens with one attached hydrogen (secondary N) is 1. The fraction of sp³-hybridized carbons (Fsp3) is 0.833. The molecule has 0 spiro atoms. The van der Waals surface area contributed by atoms with Crippen molar-refractivity contribution < 1.29 is 20.1 Å². The highest BCUT2D eigenvalue weighted by molar-refractivity contribution is 5.89. The van der Waals surface area contributed by atoms with Crippen molar-refractivity contribution in [2.75, 3.05) is 13.2 Å². The summed E-state index contributed by atoms with van der Waals surface area (Å²) in [5.41, 5.74) is 0. The van der Waals surface area contributed by atoms with Crippen molar-refractivity contribution in [2.45, 2.75) is 18.2 Å². The van der Waals surface area contributed by atoms with Gasteiger partial charge in [0, 0.05) is 6.54 Å². The van der Waals surface area contributed by atoms with E-state index in [9.17, 15) is 4.79 Å². The van der Waals surface area contributed by atoms with Crippen molar-refractivity contribution >= 4 is 5.78 Å². The highest BCUT2D eigenvalue weighted by Gasteiger charge is 2.34. The molecule has 3 atom stereocenters. The molecule has 1 rings (SSSR count). The molecule has 1 fully saturated rings. The summed E-state index contributed by atoms with van der Waals surface area (Å²) < 4.78 is 0. The molecule has 0 aromatic rings. The number of Topliss-reactive ketones (excluding diaryl/α,β-unsaturated/α-hetero) is 1. The van der Waals surface area contributed by atoms with Crippen molar-refractivity contribution in [1.29, 1.82) is 0 Å². The van der Waals surface area contributed by atoms with Gasteiger partial charge in [-0.25, -0.2) is 0 Å². The summed E-state index contributed by atoms with van der Waals surface area (Å²) in [6.07, 6.45) is -2.40. The molecular formula is C6H11NO4. The first-order valence-electron chi connectivity index (χ1n) is 3.41. The van der Waals surface area contributed by atoms with Crippen molar-refractivity contribution in [2.24, 2.45) is 0 Å². The Morgan fingerprint density at radius 1 is 1.55 bits per heavy atom. The van der Waals surface area contributed by atoms with Crippen LogP contribution in [0, 0.1) is 0 Å². The van der Waals surface area contributed by atoms with Crippen LogP contribution in [0.5, 0.6) is 0 Å². The number of β-amino-alcohol motifs (C(OH)–C–C–N with tert-alkyl or cyclic N) is 1. The van der Waals surface area contributed by atoms with Gasteiger partial charge in [0.05, 0.1) is 18.8 Å². The second-order valence-corrected chi connectivity index (χ2v) is 2.56. The predicted molar refractivity (Wildman–Crippen MR) is 35.9 cm³/mol. The zero-order chi connectivity index (χ0) is 8.43. The zero-order valence-electron chi connectivity index (χ0n) is 5.90. The highest BCUT2D eigenvalue weighted by atomic mass is 16.3. The largest absolute Gasteiger partial charge is 0.394 e. The molecule has 0 saturated carbocycles. The van der Waals surface area contributed by atoms with Gasteiger partial charge in [0.15, 0.2) is 5.78 Å². The molecule has 11 heavy (non-hydrogen) atoms. The lowest BCUT2D eigenvalue weighted by atomic mass is 9.99. The van der Waals surface area contributed by atoms with Crippen LogP contribution in [-0.4, -0.2) is 52.5 Å². The lowest BCUT2D eigenvalue weighted by Crippen LogP contribution is -2.58. The van der Waals surface area contributed by atoms with Gasteiger partial charge < -0.3 is 20.6 Å². The van der Waals surface area contributed by atoms with Crippen molar-refractivity contribution in [3.05, 3.63) is 0 Å². The molecule has 5 heteroatoms. The van der Waals surface area contributed by atoms with Gasteiger partial charge in [0.2, 0.25) is 0 Å². The van der Waals surface area contributed by atoms with Crippen LogP contribution in [0.4, 0.5) is 0 Å². The number of piperidine rings is 1. The van der Waals surface area contributed by atoms with Crippen molar-refractivity contribution in [3.8, 4) is 0 Å². The fourth-order valence-corrected chi connectivity index (χ4v) is 1.03. The van der Waals surface area contributed by atoms with Crippen molar-refractivity contribution in [3.63, 3.8) is 0 Å². The smallest absolute Gasteiger partial charge is 0.183 e. The monoisotopic (exact) mass is 161 g/mol. The van der Waals surface area contributed by atoms with Gasteiger partial charge in [0.1, 0.15) is 6.10 Å². The third-order valence-corrected chi connectivity index (χ3v) is 1.76. The second kappa shape index (κ2) is 3.27. The quantitative estimate of drug-likeness (QED) is 0.334. The Morgan fingerprint density at radius 2 is 2.18 bits per heavy atom. The maximum atomic E-state index is 10.9. The number of rotatable bonds is 1. The van der Waals surface area contributed by atoms with Gasteiger partial charge in [-0.05, 0) is 0 Å². The minimum absolute atomic E-state index is 0.137. The maximum Gasteiger partial charge on any atom is 0.183 e. The second-order valence-electron chi connectivity index (χ2n) is 2.56. The molecule has 0 bridgehead atoms. The Kier molecular flexibility index (Phi) is 2.56. The number of aliphatic hydroxyl groups excluding tert-OH is 3. The third-order valence-electron chi connectivity index (χ3n) is 1.76. The molecule has 1 aliphatic heterocycles. The van der Waals surface area contributed by atoms with E-state index in [1.807, 2.05) is 0 Å². The van der Waals surface area contributed by atoms with Gasteiger partial charge in [-0.3, -0.25) is 4.79 Å². The summed E-state index contributed by atoms with van der Waals surface area (Å²) in [4.78, 5) is 10.9. The van der Waals surface area contributed by atoms with E-state index in [2.05, 4.69) is 5.32 Å². The molecule has 1 aliphatic rings. The normalized spacial score (nSPS) is 39.2. The van der Waals surface area contributed by atoms with Gasteiger partial charge in [-0.15, -0.1) is 0 Å². The average Bonchev–Trinajstić information content (AvgIpc) is 2.01. The number of ketones is 1. The minimum Gasteiger partial charge on any atom is -0.394 e. The van der Waals surface area contributed by atoms with Crippen LogP contribution >= 0.6 is 0 Å². The van der Waals surface area contributed by atoms with Crippen LogP contribution in [-0.2, 0) is 4.79 Å². The lowest BCUT2D eigenvalue weighted by molar-refractivity contribution is -0.139. The molecular weight excluding hydrogens is 150 g/mol. The first kappa shape index (κ1) is 8.61. The van der Waals surface area contributed by atoms with Crippen LogP contribution in [0.3, 0.4) is 0 Å². The molecule has 0 radical (unpaired) electrons. The Balaban J connectivity index is 2.59. The molecule has 64 valence electrons. The van der Waals surface area contributed by atoms with Gasteiger partial charge in [0.25, 0.3) is 0 Å². The van der Waals surface area contributed by atoms with E-state index in [1.54, 1.807) is 0 Å². The van der Waals surface area contributed by atoms with Crippen LogP contribution in [0.25, 0.3) is 0 Å². The van der Waals surface area contributed by atoms with Gasteiger partial charge in [-0.2, -0.15) is 0 Å². The summed E-state index contributed by atoms with van der Waals surface area (Å²) in [6.45, 7) is -0.208. The molecule has 1 heterocycles. The average molecular weight is 161 g/mol. The van der Waals surface area contributed by atoms with E-state index in [4.69, 9.17) is 15.3 Å². The van der Waals surface area contributed by atoms with Crippen molar-refractivity contribution in [1.82, 2.24) is 5.32 Å². The third kappa shape index (κ3) is 1.57. The number of carbonyl (C=O) groups is 1. The first-order chi connectivity index (χ1) is 5.16. The lowest BCUT2D eigenvalue weighted by Gasteiger charge is -2.28. The summed E-state index contributed by atoms with van der Waals surface area (Å²) in [7, 11) is 0. The van der Waals surface area contributed by atoms with E-state index in [0.29, 0.717) is 0 Å². The molecule has 5 nitrogen and oxygen atoms in total. The minimum atomic E-state index is -1.35. The molecule has 0 amide bonds. The van der Waals surface area contributed by atoms with E-state index >= 15 is 0 Å². The Bertz CT molecular complexity index is 157. The Labute approximate surface area is 63.7 Å². The number of hydrogen-bond donors (Lipinski definition) is 4. The van der Waals surface area contributed by atoms with Gasteiger partial charge >= 0.3 is 0 Å². The predicted octanol–water partition coefficient (Wildman–Crippen LogP) is -2.76. The van der Waals surface area contributed by atoms with E-state index in [1.165, 1.54) is 0 Å². The van der Waals surface area contributed by atoms with Crippen LogP contribution in [0.15, 0.2) is 0 Å². The van der Waals surface area contributed by atoms with Crippen LogP contribution < -0.4 is 5.32 Å². The van der Waals surface area contributed by atoms with E-state index < -0.39 is 24.0 Å². The SMILES string of the molecule is O=C1C(CO)NCC(O)C1O. The molecule has 4 N–H and O–H groups in total. The summed E-state index contributed by atoms with van der Waals surface area (Å²) in [5, 5.41) is 29.1. The Morgan fingerprint density at radius 3 is 2.73 bits per heavy atom. The summed E-state index contributed by atoms with van der Waals surface area (Å²) in [6, 6.07) is -0.728. The van der Waals surface area contributed by atoms with Crippen LogP contribution in [0.1, 0.15) is 0 Å². The van der Waals surface area contributed by atoms with E-state index in [-0.39, 0.29) is 13.2 Å².